The molecular weight excluding hydrogens is 426 g/mol. The SMILES string of the molecule is COc1ccc2cc(-c3nc4cc(C(=O)N5CCC[C@@H](N)C5)ccn4c3C)n(CC(C)C)c2c1. The van der Waals surface area contributed by atoms with E-state index in [9.17, 15) is 4.79 Å². The number of likely N-dealkylation sites (tertiary alicyclic amines) is 1. The first-order valence-corrected chi connectivity index (χ1v) is 12.1. The molecule has 5 rings (SSSR count). The van der Waals surface area contributed by atoms with Crippen LogP contribution in [0.1, 0.15) is 42.7 Å². The summed E-state index contributed by atoms with van der Waals surface area (Å²) >= 11 is 0. The number of imidazole rings is 1. The molecule has 1 aliphatic rings. The van der Waals surface area contributed by atoms with Gasteiger partial charge in [-0.2, -0.15) is 0 Å². The maximum absolute atomic E-state index is 13.1. The molecule has 4 aromatic rings. The van der Waals surface area contributed by atoms with E-state index in [1.54, 1.807) is 7.11 Å². The molecule has 0 bridgehead atoms. The van der Waals surface area contributed by atoms with Crippen molar-refractivity contribution in [1.82, 2.24) is 18.9 Å². The van der Waals surface area contributed by atoms with Crippen molar-refractivity contribution in [3.8, 4) is 17.1 Å². The largest absolute Gasteiger partial charge is 0.497 e. The average molecular weight is 460 g/mol. The van der Waals surface area contributed by atoms with Gasteiger partial charge in [-0.15, -0.1) is 0 Å². The van der Waals surface area contributed by atoms with Gasteiger partial charge in [-0.3, -0.25) is 4.79 Å². The zero-order valence-electron chi connectivity index (χ0n) is 20.4. The fourth-order valence-corrected chi connectivity index (χ4v) is 5.04. The Morgan fingerprint density at radius 3 is 2.79 bits per heavy atom. The van der Waals surface area contributed by atoms with Gasteiger partial charge in [0.1, 0.15) is 17.1 Å². The summed E-state index contributed by atoms with van der Waals surface area (Å²) < 4.78 is 9.88. The first kappa shape index (κ1) is 22.5. The van der Waals surface area contributed by atoms with E-state index in [0.717, 1.165) is 65.3 Å². The number of methoxy groups -OCH3 is 1. The van der Waals surface area contributed by atoms with Crippen molar-refractivity contribution in [2.45, 2.75) is 46.2 Å². The van der Waals surface area contributed by atoms with E-state index in [-0.39, 0.29) is 11.9 Å². The monoisotopic (exact) mass is 459 g/mol. The van der Waals surface area contributed by atoms with Crippen LogP contribution in [0.25, 0.3) is 27.9 Å². The van der Waals surface area contributed by atoms with E-state index in [0.29, 0.717) is 18.0 Å². The van der Waals surface area contributed by atoms with Crippen LogP contribution in [-0.2, 0) is 6.54 Å². The van der Waals surface area contributed by atoms with Gasteiger partial charge in [-0.05, 0) is 56.0 Å². The quantitative estimate of drug-likeness (QED) is 0.477. The number of nitrogens with two attached hydrogens (primary N) is 1. The van der Waals surface area contributed by atoms with Gasteiger partial charge in [0, 0.05) is 54.6 Å². The number of nitrogens with zero attached hydrogens (tertiary/aromatic N) is 4. The Morgan fingerprint density at radius 2 is 2.06 bits per heavy atom. The molecule has 1 atom stereocenters. The molecule has 1 fully saturated rings. The molecule has 1 aromatic carbocycles. The number of carbonyl (C=O) groups is 1. The minimum Gasteiger partial charge on any atom is -0.497 e. The van der Waals surface area contributed by atoms with Crippen LogP contribution in [0.3, 0.4) is 0 Å². The van der Waals surface area contributed by atoms with Crippen LogP contribution in [-0.4, -0.2) is 51.0 Å². The van der Waals surface area contributed by atoms with Crippen molar-refractivity contribution >= 4 is 22.5 Å². The maximum atomic E-state index is 13.1. The Kier molecular flexibility index (Phi) is 5.81. The summed E-state index contributed by atoms with van der Waals surface area (Å²) in [4.78, 5) is 20.0. The maximum Gasteiger partial charge on any atom is 0.254 e. The number of carbonyl (C=O) groups excluding carboxylic acids is 1. The third-order valence-electron chi connectivity index (χ3n) is 6.76. The second-order valence-corrected chi connectivity index (χ2v) is 9.80. The number of pyridine rings is 1. The minimum atomic E-state index is 0.0286. The molecule has 0 radical (unpaired) electrons. The Labute approximate surface area is 200 Å². The normalized spacial score (nSPS) is 16.6. The molecule has 7 nitrogen and oxygen atoms in total. The van der Waals surface area contributed by atoms with Gasteiger partial charge in [0.05, 0.1) is 18.3 Å². The van der Waals surface area contributed by atoms with E-state index in [1.807, 2.05) is 29.3 Å². The summed E-state index contributed by atoms with van der Waals surface area (Å²) in [5.41, 5.74) is 11.7. The highest BCUT2D eigenvalue weighted by atomic mass is 16.5. The molecule has 34 heavy (non-hydrogen) atoms. The highest BCUT2D eigenvalue weighted by molar-refractivity contribution is 5.95. The third-order valence-corrected chi connectivity index (χ3v) is 6.76. The molecule has 7 heteroatoms. The molecule has 178 valence electrons. The van der Waals surface area contributed by atoms with Crippen molar-refractivity contribution in [1.29, 1.82) is 0 Å². The molecule has 0 spiro atoms. The fraction of sp³-hybridized carbons (Fsp3) is 0.407. The lowest BCUT2D eigenvalue weighted by Gasteiger charge is -2.30. The van der Waals surface area contributed by atoms with Gasteiger partial charge in [-0.1, -0.05) is 13.8 Å². The number of hydrogen-bond acceptors (Lipinski definition) is 4. The molecule has 0 aliphatic carbocycles. The first-order valence-electron chi connectivity index (χ1n) is 12.1. The number of piperidine rings is 1. The van der Waals surface area contributed by atoms with Crippen LogP contribution in [0.5, 0.6) is 5.75 Å². The second-order valence-electron chi connectivity index (χ2n) is 9.80. The molecule has 0 saturated carbocycles. The lowest BCUT2D eigenvalue weighted by Crippen LogP contribution is -2.45. The smallest absolute Gasteiger partial charge is 0.254 e. The zero-order valence-corrected chi connectivity index (χ0v) is 20.4. The molecule has 1 saturated heterocycles. The van der Waals surface area contributed by atoms with Crippen LogP contribution < -0.4 is 10.5 Å². The van der Waals surface area contributed by atoms with Crippen molar-refractivity contribution in [3.05, 3.63) is 53.9 Å². The summed E-state index contributed by atoms with van der Waals surface area (Å²) in [5.74, 6) is 1.34. The molecule has 4 heterocycles. The fourth-order valence-electron chi connectivity index (χ4n) is 5.04. The Bertz CT molecular complexity index is 1370. The topological polar surface area (TPSA) is 77.8 Å². The van der Waals surface area contributed by atoms with Gasteiger partial charge >= 0.3 is 0 Å². The molecule has 3 aromatic heterocycles. The molecule has 0 unspecified atom stereocenters. The molecular formula is C27H33N5O2. The highest BCUT2D eigenvalue weighted by Crippen LogP contribution is 2.33. The van der Waals surface area contributed by atoms with Crippen LogP contribution in [0, 0.1) is 12.8 Å². The van der Waals surface area contributed by atoms with Crippen molar-refractivity contribution in [2.24, 2.45) is 11.7 Å². The van der Waals surface area contributed by atoms with Crippen LogP contribution in [0.15, 0.2) is 42.6 Å². The van der Waals surface area contributed by atoms with Crippen molar-refractivity contribution in [3.63, 3.8) is 0 Å². The summed E-state index contributed by atoms with van der Waals surface area (Å²) in [6, 6.07) is 12.2. The van der Waals surface area contributed by atoms with Gasteiger partial charge in [0.2, 0.25) is 0 Å². The Morgan fingerprint density at radius 1 is 1.24 bits per heavy atom. The minimum absolute atomic E-state index is 0.0286. The van der Waals surface area contributed by atoms with E-state index in [1.165, 1.54) is 0 Å². The summed E-state index contributed by atoms with van der Waals surface area (Å²) in [7, 11) is 1.69. The van der Waals surface area contributed by atoms with Crippen LogP contribution >= 0.6 is 0 Å². The molecule has 1 aliphatic heterocycles. The summed E-state index contributed by atoms with van der Waals surface area (Å²) in [6.07, 6.45) is 3.88. The number of benzene rings is 1. The number of rotatable bonds is 5. The van der Waals surface area contributed by atoms with Gasteiger partial charge in [0.15, 0.2) is 0 Å². The zero-order chi connectivity index (χ0) is 24.0. The number of ether oxygens (including phenoxy) is 1. The van der Waals surface area contributed by atoms with Crippen LogP contribution in [0.2, 0.25) is 0 Å². The number of hydrogen-bond donors (Lipinski definition) is 1. The number of aromatic nitrogens is 3. The predicted molar refractivity (Wildman–Crippen MR) is 135 cm³/mol. The lowest BCUT2D eigenvalue weighted by atomic mass is 10.1. The predicted octanol–water partition coefficient (Wildman–Crippen LogP) is 4.49. The van der Waals surface area contributed by atoms with Crippen LogP contribution in [0.4, 0.5) is 0 Å². The van der Waals surface area contributed by atoms with E-state index in [4.69, 9.17) is 15.5 Å². The van der Waals surface area contributed by atoms with Gasteiger partial charge in [-0.25, -0.2) is 4.98 Å². The Hall–Kier alpha value is -3.32. The standard InChI is InChI=1S/C27H33N5O2/c1-17(2)15-32-23-14-22(34-4)8-7-19(23)12-24(32)26-18(3)31-11-9-20(13-25(31)29-26)27(33)30-10-5-6-21(28)16-30/h7-9,11-14,17,21H,5-6,10,15-16,28H2,1-4H3/t21-/m1/s1. The van der Waals surface area contributed by atoms with Crippen molar-refractivity contribution < 1.29 is 9.53 Å². The first-order chi connectivity index (χ1) is 16.4. The number of amides is 1. The lowest BCUT2D eigenvalue weighted by molar-refractivity contribution is 0.0709. The number of fused-ring (bicyclic) bond motifs is 2. The van der Waals surface area contributed by atoms with Gasteiger partial charge in [0.25, 0.3) is 5.91 Å². The summed E-state index contributed by atoms with van der Waals surface area (Å²) in [5, 5.41) is 1.16. The summed E-state index contributed by atoms with van der Waals surface area (Å²) in [6.45, 7) is 8.76. The van der Waals surface area contributed by atoms with E-state index < -0.39 is 0 Å². The number of aryl methyl sites for hydroxylation is 1. The average Bonchev–Trinajstić information content (AvgIpc) is 3.34. The van der Waals surface area contributed by atoms with Crippen molar-refractivity contribution in [2.75, 3.05) is 20.2 Å². The highest BCUT2D eigenvalue weighted by Gasteiger charge is 2.24. The molecule has 2 N–H and O–H groups in total. The third kappa shape index (κ3) is 3.94. The second kappa shape index (κ2) is 8.80. The molecule has 1 amide bonds. The van der Waals surface area contributed by atoms with Gasteiger partial charge < -0.3 is 24.3 Å². The van der Waals surface area contributed by atoms with E-state index >= 15 is 0 Å². The van der Waals surface area contributed by atoms with E-state index in [2.05, 4.69) is 47.9 Å². The Balaban J connectivity index is 1.59.